The number of nitrogens with one attached hydrogen (secondary N) is 1. The molecular weight excluding hydrogens is 391 g/mol. The first-order valence-corrected chi connectivity index (χ1v) is 9.25. The molecular formula is C17H20ClFN6OS. The second-order valence-electron chi connectivity index (χ2n) is 6.14. The number of hydrogen-bond donors (Lipinski definition) is 1. The lowest BCUT2D eigenvalue weighted by atomic mass is 10.2. The lowest BCUT2D eigenvalue weighted by Crippen LogP contribution is -2.50. The number of benzene rings is 1. The van der Waals surface area contributed by atoms with E-state index in [2.05, 4.69) is 20.3 Å². The van der Waals surface area contributed by atoms with Gasteiger partial charge < -0.3 is 15.1 Å². The van der Waals surface area contributed by atoms with Gasteiger partial charge in [0.2, 0.25) is 16.0 Å². The summed E-state index contributed by atoms with van der Waals surface area (Å²) in [6, 6.07) is 6.28. The van der Waals surface area contributed by atoms with Crippen molar-refractivity contribution in [2.75, 3.05) is 44.7 Å². The van der Waals surface area contributed by atoms with Gasteiger partial charge in [0.25, 0.3) is 0 Å². The van der Waals surface area contributed by atoms with Crippen molar-refractivity contribution in [3.05, 3.63) is 36.3 Å². The van der Waals surface area contributed by atoms with Crippen LogP contribution in [0.25, 0.3) is 16.2 Å². The summed E-state index contributed by atoms with van der Waals surface area (Å²) >= 11 is 1.52. The van der Waals surface area contributed by atoms with Crippen LogP contribution in [0.5, 0.6) is 0 Å². The minimum Gasteiger partial charge on any atom is -0.343 e. The van der Waals surface area contributed by atoms with Crippen molar-refractivity contribution in [3.8, 4) is 11.3 Å². The standard InChI is InChI=1S/C17H19FN6OS.ClH/c1-19-10-15(25)22-6-8-23(9-7-22)17-21-24-11-14(20-16(24)26-17)12-2-4-13(18)5-3-12;/h2-5,11,19H,6-10H2,1H3;1H. The van der Waals surface area contributed by atoms with E-state index in [-0.39, 0.29) is 24.1 Å². The number of nitrogens with zero attached hydrogens (tertiary/aromatic N) is 5. The maximum absolute atomic E-state index is 13.1. The van der Waals surface area contributed by atoms with Gasteiger partial charge in [-0.1, -0.05) is 11.3 Å². The van der Waals surface area contributed by atoms with Gasteiger partial charge in [0.15, 0.2) is 0 Å². The van der Waals surface area contributed by atoms with E-state index in [1.54, 1.807) is 23.7 Å². The predicted molar refractivity (Wildman–Crippen MR) is 106 cm³/mol. The van der Waals surface area contributed by atoms with E-state index in [0.717, 1.165) is 34.4 Å². The van der Waals surface area contributed by atoms with E-state index in [4.69, 9.17) is 0 Å². The molecule has 4 rings (SSSR count). The van der Waals surface area contributed by atoms with E-state index < -0.39 is 0 Å². The Bertz CT molecular complexity index is 888. The molecule has 1 aromatic carbocycles. The van der Waals surface area contributed by atoms with Gasteiger partial charge in [0.05, 0.1) is 18.4 Å². The second kappa shape index (κ2) is 8.20. The van der Waals surface area contributed by atoms with E-state index in [0.29, 0.717) is 19.6 Å². The summed E-state index contributed by atoms with van der Waals surface area (Å²) < 4.78 is 14.8. The zero-order valence-corrected chi connectivity index (χ0v) is 16.4. The number of likely N-dealkylation sites (N-methyl/N-ethyl adjacent to an activating group) is 1. The molecule has 1 fully saturated rings. The molecule has 0 saturated carbocycles. The van der Waals surface area contributed by atoms with Crippen molar-refractivity contribution in [2.45, 2.75) is 0 Å². The van der Waals surface area contributed by atoms with Crippen molar-refractivity contribution in [1.29, 1.82) is 0 Å². The average molecular weight is 411 g/mol. The fourth-order valence-electron chi connectivity index (χ4n) is 2.99. The third kappa shape index (κ3) is 4.05. The number of amides is 1. The molecule has 10 heteroatoms. The SMILES string of the molecule is CNCC(=O)N1CCN(c2nn3cc(-c4ccc(F)cc4)nc3s2)CC1.Cl. The predicted octanol–water partition coefficient (Wildman–Crippen LogP) is 1.89. The number of fused-ring (bicyclic) bond motifs is 1. The van der Waals surface area contributed by atoms with Crippen LogP contribution < -0.4 is 10.2 Å². The molecule has 1 N–H and O–H groups in total. The van der Waals surface area contributed by atoms with Crippen LogP contribution in [-0.2, 0) is 4.79 Å². The second-order valence-corrected chi connectivity index (χ2v) is 7.08. The van der Waals surface area contributed by atoms with E-state index in [9.17, 15) is 9.18 Å². The van der Waals surface area contributed by atoms with Gasteiger partial charge >= 0.3 is 0 Å². The highest BCUT2D eigenvalue weighted by Crippen LogP contribution is 2.27. The molecule has 1 aliphatic rings. The maximum atomic E-state index is 13.1. The summed E-state index contributed by atoms with van der Waals surface area (Å²) in [6.07, 6.45) is 1.86. The number of carbonyl (C=O) groups excluding carboxylic acids is 1. The third-order valence-electron chi connectivity index (χ3n) is 4.40. The van der Waals surface area contributed by atoms with Gasteiger partial charge in [-0.2, -0.15) is 0 Å². The third-order valence-corrected chi connectivity index (χ3v) is 5.39. The topological polar surface area (TPSA) is 65.8 Å². The largest absolute Gasteiger partial charge is 0.343 e. The molecule has 144 valence electrons. The highest BCUT2D eigenvalue weighted by atomic mass is 35.5. The quantitative estimate of drug-likeness (QED) is 0.711. The van der Waals surface area contributed by atoms with Crippen LogP contribution in [0.1, 0.15) is 0 Å². The fourth-order valence-corrected chi connectivity index (χ4v) is 3.92. The molecule has 1 saturated heterocycles. The fraction of sp³-hybridized carbons (Fsp3) is 0.353. The van der Waals surface area contributed by atoms with E-state index in [1.807, 2.05) is 11.1 Å². The van der Waals surface area contributed by atoms with Gasteiger partial charge in [-0.3, -0.25) is 4.79 Å². The van der Waals surface area contributed by atoms with Crippen molar-refractivity contribution in [1.82, 2.24) is 24.8 Å². The minimum absolute atomic E-state index is 0. The number of carbonyl (C=O) groups is 1. The molecule has 0 aliphatic carbocycles. The molecule has 27 heavy (non-hydrogen) atoms. The average Bonchev–Trinajstić information content (AvgIpc) is 3.22. The Balaban J connectivity index is 0.00000210. The Labute approximate surface area is 166 Å². The number of rotatable bonds is 4. The zero-order valence-electron chi connectivity index (χ0n) is 14.8. The van der Waals surface area contributed by atoms with Crippen LogP contribution in [0.3, 0.4) is 0 Å². The first kappa shape index (κ1) is 19.5. The molecule has 1 amide bonds. The lowest BCUT2D eigenvalue weighted by molar-refractivity contribution is -0.130. The molecule has 7 nitrogen and oxygen atoms in total. The summed E-state index contributed by atoms with van der Waals surface area (Å²) in [7, 11) is 1.78. The number of imidazole rings is 1. The number of halogens is 2. The number of anilines is 1. The number of aromatic nitrogens is 3. The normalized spacial score (nSPS) is 14.4. The Morgan fingerprint density at radius 3 is 2.56 bits per heavy atom. The van der Waals surface area contributed by atoms with Crippen LogP contribution in [0, 0.1) is 5.82 Å². The minimum atomic E-state index is -0.262. The van der Waals surface area contributed by atoms with Gasteiger partial charge in [-0.05, 0) is 31.3 Å². The number of piperazine rings is 1. The highest BCUT2D eigenvalue weighted by Gasteiger charge is 2.23. The van der Waals surface area contributed by atoms with Gasteiger partial charge in [0.1, 0.15) is 5.82 Å². The Hall–Kier alpha value is -2.23. The van der Waals surface area contributed by atoms with Crippen molar-refractivity contribution < 1.29 is 9.18 Å². The molecule has 2 aromatic heterocycles. The zero-order chi connectivity index (χ0) is 18.1. The van der Waals surface area contributed by atoms with Crippen molar-refractivity contribution in [2.24, 2.45) is 0 Å². The van der Waals surface area contributed by atoms with Crippen molar-refractivity contribution in [3.63, 3.8) is 0 Å². The van der Waals surface area contributed by atoms with Crippen molar-refractivity contribution >= 4 is 39.7 Å². The Morgan fingerprint density at radius 1 is 1.22 bits per heavy atom. The molecule has 3 heterocycles. The summed E-state index contributed by atoms with van der Waals surface area (Å²) in [5, 5.41) is 8.41. The molecule has 3 aromatic rings. The number of hydrogen-bond acceptors (Lipinski definition) is 6. The van der Waals surface area contributed by atoms with E-state index >= 15 is 0 Å². The summed E-state index contributed by atoms with van der Waals surface area (Å²) in [5.74, 6) is -0.132. The molecule has 0 atom stereocenters. The Kier molecular flexibility index (Phi) is 5.93. The van der Waals surface area contributed by atoms with Crippen LogP contribution in [0.4, 0.5) is 9.52 Å². The molecule has 0 spiro atoms. The first-order chi connectivity index (χ1) is 12.6. The van der Waals surface area contributed by atoms with Crippen LogP contribution in [0.15, 0.2) is 30.5 Å². The van der Waals surface area contributed by atoms with Gasteiger partial charge in [-0.25, -0.2) is 13.9 Å². The van der Waals surface area contributed by atoms with E-state index in [1.165, 1.54) is 23.5 Å². The maximum Gasteiger partial charge on any atom is 0.236 e. The molecule has 0 bridgehead atoms. The summed E-state index contributed by atoms with van der Waals surface area (Å²) in [5.41, 5.74) is 1.64. The molecule has 0 radical (unpaired) electrons. The first-order valence-electron chi connectivity index (χ1n) is 8.43. The monoisotopic (exact) mass is 410 g/mol. The van der Waals surface area contributed by atoms with Crippen LogP contribution in [-0.4, -0.2) is 65.2 Å². The van der Waals surface area contributed by atoms with Gasteiger partial charge in [0, 0.05) is 31.7 Å². The molecule has 1 aliphatic heterocycles. The lowest BCUT2D eigenvalue weighted by Gasteiger charge is -2.34. The summed E-state index contributed by atoms with van der Waals surface area (Å²) in [6.45, 7) is 3.29. The van der Waals surface area contributed by atoms with Crippen LogP contribution in [0.2, 0.25) is 0 Å². The Morgan fingerprint density at radius 2 is 1.93 bits per heavy atom. The summed E-state index contributed by atoms with van der Waals surface area (Å²) in [4.78, 5) is 21.4. The highest BCUT2D eigenvalue weighted by molar-refractivity contribution is 7.20. The van der Waals surface area contributed by atoms with Gasteiger partial charge in [-0.15, -0.1) is 17.5 Å². The van der Waals surface area contributed by atoms with Crippen LogP contribution >= 0.6 is 23.7 Å². The smallest absolute Gasteiger partial charge is 0.236 e. The molecule has 0 unspecified atom stereocenters.